The first kappa shape index (κ1) is 29.2. The molecule has 0 aromatic rings. The molecule has 0 aromatic carbocycles. The molecule has 0 unspecified atom stereocenters. The van der Waals surface area contributed by atoms with Crippen LogP contribution in [0.3, 0.4) is 0 Å². The molecule has 0 aliphatic heterocycles. The molecule has 0 rings (SSSR count). The Balaban J connectivity index is -0.0000000533. The van der Waals surface area contributed by atoms with E-state index in [1.807, 2.05) is 13.3 Å². The van der Waals surface area contributed by atoms with Crippen molar-refractivity contribution in [3.63, 3.8) is 0 Å². The van der Waals surface area contributed by atoms with Crippen LogP contribution in [0, 0.1) is 21.3 Å². The average molecular weight is 433 g/mol. The molecule has 0 aliphatic rings. The number of nitrogens with zero attached hydrogens (tertiary/aromatic N) is 2. The Morgan fingerprint density at radius 2 is 1.92 bits per heavy atom. The van der Waals surface area contributed by atoms with Crippen LogP contribution in [-0.4, -0.2) is 29.7 Å². The Morgan fingerprint density at radius 3 is 2.15 bits per heavy atom. The number of nitrogens with two attached hydrogens (primary N) is 1. The molecule has 77 valence electrons. The van der Waals surface area contributed by atoms with Gasteiger partial charge in [-0.15, -0.1) is 6.54 Å². The summed E-state index contributed by atoms with van der Waals surface area (Å²) in [5.74, 6) is 0.133. The van der Waals surface area contributed by atoms with Gasteiger partial charge in [-0.2, -0.15) is 6.92 Å². The van der Waals surface area contributed by atoms with Gasteiger partial charge in [-0.05, 0) is 0 Å². The maximum absolute atomic E-state index is 8.14. The third-order valence-corrected chi connectivity index (χ3v) is 0.950. The summed E-state index contributed by atoms with van der Waals surface area (Å²) >= 11 is 0. The van der Waals surface area contributed by atoms with Crippen molar-refractivity contribution < 1.29 is 59.0 Å². The fraction of sp³-hybridized carbons (Fsp3) is 0.429. The first-order valence-corrected chi connectivity index (χ1v) is 2.68. The average Bonchev–Trinajstić information content (AvgIpc) is 1.87. The minimum Gasteiger partial charge on any atom is -0.408 e. The number of rotatable bonds is 2. The SMILES string of the molecule is C[CH-]CN(C)/C(N)=N/O.[CH3-].[CH3-].[W+2].[Y]. The van der Waals surface area contributed by atoms with Crippen LogP contribution in [0.2, 0.25) is 0 Å². The van der Waals surface area contributed by atoms with Gasteiger partial charge in [0.2, 0.25) is 5.96 Å². The molecule has 0 saturated heterocycles. The van der Waals surface area contributed by atoms with Crippen LogP contribution in [0.1, 0.15) is 6.92 Å². The minimum absolute atomic E-state index is 0. The summed E-state index contributed by atoms with van der Waals surface area (Å²) in [4.78, 5) is 1.62. The van der Waals surface area contributed by atoms with Crippen LogP contribution < -0.4 is 5.73 Å². The molecule has 0 amide bonds. The van der Waals surface area contributed by atoms with Gasteiger partial charge in [0.05, 0.1) is 0 Å². The molecule has 4 nitrogen and oxygen atoms in total. The number of hydrogen-bond donors (Lipinski definition) is 2. The van der Waals surface area contributed by atoms with Crippen LogP contribution in [0.25, 0.3) is 0 Å². The molecule has 0 heterocycles. The van der Waals surface area contributed by atoms with Crippen molar-refractivity contribution in [1.82, 2.24) is 4.90 Å². The van der Waals surface area contributed by atoms with E-state index in [1.165, 1.54) is 0 Å². The molecule has 0 aliphatic carbocycles. The third kappa shape index (κ3) is 15.6. The van der Waals surface area contributed by atoms with Gasteiger partial charge in [-0.25, -0.2) is 0 Å². The van der Waals surface area contributed by atoms with Crippen molar-refractivity contribution in [1.29, 1.82) is 0 Å². The predicted octanol–water partition coefficient (Wildman–Crippen LogP) is 0.742. The fourth-order valence-corrected chi connectivity index (χ4v) is 0.444. The summed E-state index contributed by atoms with van der Waals surface area (Å²) in [7, 11) is 1.75. The monoisotopic (exact) mass is 433 g/mol. The molecule has 0 atom stereocenters. The Bertz CT molecular complexity index is 114. The van der Waals surface area contributed by atoms with Crippen molar-refractivity contribution in [2.24, 2.45) is 10.9 Å². The minimum atomic E-state index is 0. The van der Waals surface area contributed by atoms with Gasteiger partial charge < -0.3 is 37.1 Å². The second kappa shape index (κ2) is 18.6. The van der Waals surface area contributed by atoms with Crippen LogP contribution in [0.4, 0.5) is 0 Å². The second-order valence-electron chi connectivity index (χ2n) is 1.75. The summed E-state index contributed by atoms with van der Waals surface area (Å²) in [5, 5.41) is 10.9. The number of hydrogen-bond acceptors (Lipinski definition) is 2. The van der Waals surface area contributed by atoms with Crippen LogP contribution in [0.15, 0.2) is 5.16 Å². The van der Waals surface area contributed by atoms with E-state index in [2.05, 4.69) is 5.16 Å². The van der Waals surface area contributed by atoms with Crippen molar-refractivity contribution in [2.75, 3.05) is 13.6 Å². The molecule has 6 heteroatoms. The van der Waals surface area contributed by atoms with E-state index in [0.29, 0.717) is 6.54 Å². The van der Waals surface area contributed by atoms with Gasteiger partial charge in [0.15, 0.2) is 0 Å². The third-order valence-electron chi connectivity index (χ3n) is 0.950. The van der Waals surface area contributed by atoms with E-state index >= 15 is 0 Å². The molecule has 0 fully saturated rings. The van der Waals surface area contributed by atoms with Crippen molar-refractivity contribution in [2.45, 2.75) is 6.92 Å². The molecule has 0 bridgehead atoms. The normalized spacial score (nSPS) is 8.00. The van der Waals surface area contributed by atoms with E-state index < -0.39 is 0 Å². The van der Waals surface area contributed by atoms with Crippen LogP contribution in [-0.2, 0) is 53.8 Å². The molecular formula is C7H18N3OWY-. The Labute approximate surface area is 121 Å². The number of guanidine groups is 1. The van der Waals surface area contributed by atoms with Gasteiger partial charge >= 0.3 is 21.1 Å². The number of oxime groups is 1. The first-order valence-electron chi connectivity index (χ1n) is 2.68. The van der Waals surface area contributed by atoms with Gasteiger partial charge in [0.25, 0.3) is 0 Å². The molecule has 0 spiro atoms. The van der Waals surface area contributed by atoms with Gasteiger partial charge in [0.1, 0.15) is 0 Å². The summed E-state index contributed by atoms with van der Waals surface area (Å²) < 4.78 is 0. The maximum atomic E-state index is 8.14. The summed E-state index contributed by atoms with van der Waals surface area (Å²) in [5.41, 5.74) is 5.21. The molecule has 0 saturated carbocycles. The summed E-state index contributed by atoms with van der Waals surface area (Å²) in [6.45, 7) is 2.59. The largest absolute Gasteiger partial charge is 2.00 e. The standard InChI is InChI=1S/C5H12N3O.2CH3.W.Y/c1-3-4-8(2)5(6)7-9;;;;/h3,9H,4H2,1-2H3,(H2,6,7);2*1H3;;/q3*-1;+2;. The van der Waals surface area contributed by atoms with E-state index in [-0.39, 0.29) is 74.6 Å². The topological polar surface area (TPSA) is 61.8 Å². The Kier molecular flexibility index (Phi) is 41.8. The zero-order chi connectivity index (χ0) is 7.28. The zero-order valence-electron chi connectivity index (χ0n) is 8.69. The predicted molar refractivity (Wildman–Crippen MR) is 48.8 cm³/mol. The zero-order valence-corrected chi connectivity index (χ0v) is 14.5. The summed E-state index contributed by atoms with van der Waals surface area (Å²) in [6.07, 6.45) is 1.91. The van der Waals surface area contributed by atoms with Gasteiger partial charge in [-0.1, -0.05) is 5.16 Å². The van der Waals surface area contributed by atoms with Crippen LogP contribution >= 0.6 is 0 Å². The van der Waals surface area contributed by atoms with Gasteiger partial charge in [-0.3, -0.25) is 0 Å². The van der Waals surface area contributed by atoms with E-state index in [1.54, 1.807) is 11.9 Å². The van der Waals surface area contributed by atoms with Gasteiger partial charge in [0, 0.05) is 39.8 Å². The van der Waals surface area contributed by atoms with Crippen LogP contribution in [0.5, 0.6) is 0 Å². The van der Waals surface area contributed by atoms with Crippen molar-refractivity contribution >= 4 is 5.96 Å². The molecule has 0 aromatic heterocycles. The summed E-state index contributed by atoms with van der Waals surface area (Å²) in [6, 6.07) is 0. The van der Waals surface area contributed by atoms with E-state index in [0.717, 1.165) is 0 Å². The Hall–Kier alpha value is 0.862. The maximum Gasteiger partial charge on any atom is 2.00 e. The van der Waals surface area contributed by atoms with E-state index in [4.69, 9.17) is 10.9 Å². The second-order valence-corrected chi connectivity index (χ2v) is 1.75. The molecule has 3 N–H and O–H groups in total. The first-order chi connectivity index (χ1) is 4.22. The quantitative estimate of drug-likeness (QED) is 0.222. The molecular weight excluding hydrogens is 415 g/mol. The molecule has 1 radical (unpaired) electrons. The fourth-order valence-electron chi connectivity index (χ4n) is 0.444. The van der Waals surface area contributed by atoms with E-state index in [9.17, 15) is 0 Å². The smallest absolute Gasteiger partial charge is 0.408 e. The van der Waals surface area contributed by atoms with Crippen molar-refractivity contribution in [3.8, 4) is 0 Å². The van der Waals surface area contributed by atoms with Crippen molar-refractivity contribution in [3.05, 3.63) is 21.3 Å². The molecule has 13 heavy (non-hydrogen) atoms. The Morgan fingerprint density at radius 1 is 1.54 bits per heavy atom.